The number of rotatable bonds is 5. The van der Waals surface area contributed by atoms with Crippen molar-refractivity contribution in [3.05, 3.63) is 0 Å². The van der Waals surface area contributed by atoms with Crippen LogP contribution in [0.15, 0.2) is 0 Å². The lowest BCUT2D eigenvalue weighted by molar-refractivity contribution is 0.0471. The van der Waals surface area contributed by atoms with Crippen LogP contribution in [0.4, 0.5) is 0 Å². The van der Waals surface area contributed by atoms with Gasteiger partial charge in [-0.3, -0.25) is 0 Å². The first-order valence-corrected chi connectivity index (χ1v) is 6.63. The zero-order valence-electron chi connectivity index (χ0n) is 11.1. The van der Waals surface area contributed by atoms with Gasteiger partial charge in [-0.25, -0.2) is 0 Å². The van der Waals surface area contributed by atoms with Crippen molar-refractivity contribution in [1.82, 2.24) is 4.90 Å². The first-order valence-electron chi connectivity index (χ1n) is 6.63. The number of hydrogen-bond donors (Lipinski definition) is 2. The van der Waals surface area contributed by atoms with Crippen molar-refractivity contribution in [3.63, 3.8) is 0 Å². The molecule has 96 valence electrons. The third-order valence-corrected chi connectivity index (χ3v) is 4.10. The van der Waals surface area contributed by atoms with Gasteiger partial charge in [0.05, 0.1) is 5.60 Å². The average molecular weight is 228 g/mol. The van der Waals surface area contributed by atoms with E-state index in [0.717, 1.165) is 25.3 Å². The molecule has 16 heavy (non-hydrogen) atoms. The minimum atomic E-state index is -0.676. The largest absolute Gasteiger partial charge is 0.389 e. The highest BCUT2D eigenvalue weighted by Gasteiger charge is 2.25. The predicted molar refractivity (Wildman–Crippen MR) is 68.3 cm³/mol. The molecule has 3 N–H and O–H groups in total. The van der Waals surface area contributed by atoms with Crippen molar-refractivity contribution in [2.24, 2.45) is 11.7 Å². The van der Waals surface area contributed by atoms with Gasteiger partial charge in [-0.2, -0.15) is 0 Å². The minimum Gasteiger partial charge on any atom is -0.389 e. The van der Waals surface area contributed by atoms with E-state index in [0.29, 0.717) is 12.6 Å². The maximum Gasteiger partial charge on any atom is 0.0741 e. The number of aliphatic hydroxyl groups is 1. The maximum atomic E-state index is 9.83. The van der Waals surface area contributed by atoms with Gasteiger partial charge in [0.15, 0.2) is 0 Å². The Labute approximate surface area is 100 Å². The summed E-state index contributed by atoms with van der Waals surface area (Å²) in [5.41, 5.74) is 4.84. The van der Waals surface area contributed by atoms with E-state index in [4.69, 9.17) is 5.73 Å². The number of nitrogens with zero attached hydrogens (tertiary/aromatic N) is 1. The van der Waals surface area contributed by atoms with Gasteiger partial charge < -0.3 is 15.7 Å². The molecular formula is C13H28N2O. The second-order valence-corrected chi connectivity index (χ2v) is 5.70. The van der Waals surface area contributed by atoms with E-state index in [9.17, 15) is 5.11 Å². The smallest absolute Gasteiger partial charge is 0.0741 e. The summed E-state index contributed by atoms with van der Waals surface area (Å²) in [6.45, 7) is 9.17. The molecule has 0 saturated carbocycles. The van der Waals surface area contributed by atoms with Crippen molar-refractivity contribution in [2.45, 2.75) is 58.1 Å². The second-order valence-electron chi connectivity index (χ2n) is 5.70. The van der Waals surface area contributed by atoms with Crippen LogP contribution in [0.5, 0.6) is 0 Å². The Morgan fingerprint density at radius 2 is 2.12 bits per heavy atom. The SMILES string of the molecule is CC1CCCN(CCCC(C)(O)CN)C1C. The van der Waals surface area contributed by atoms with Gasteiger partial charge in [0, 0.05) is 12.6 Å². The summed E-state index contributed by atoms with van der Waals surface area (Å²) >= 11 is 0. The molecule has 0 aromatic carbocycles. The van der Waals surface area contributed by atoms with Crippen LogP contribution in [0.1, 0.15) is 46.5 Å². The maximum absolute atomic E-state index is 9.83. The molecule has 1 fully saturated rings. The lowest BCUT2D eigenvalue weighted by Gasteiger charge is -2.38. The van der Waals surface area contributed by atoms with E-state index in [1.807, 2.05) is 6.92 Å². The van der Waals surface area contributed by atoms with Crippen molar-refractivity contribution >= 4 is 0 Å². The zero-order chi connectivity index (χ0) is 12.2. The quantitative estimate of drug-likeness (QED) is 0.751. The monoisotopic (exact) mass is 228 g/mol. The number of hydrogen-bond acceptors (Lipinski definition) is 3. The lowest BCUT2D eigenvalue weighted by Crippen LogP contribution is -2.43. The fraction of sp³-hybridized carbons (Fsp3) is 1.00. The van der Waals surface area contributed by atoms with E-state index < -0.39 is 5.60 Å². The van der Waals surface area contributed by atoms with Crippen LogP contribution in [0.25, 0.3) is 0 Å². The lowest BCUT2D eigenvalue weighted by atomic mass is 9.91. The molecule has 0 bridgehead atoms. The van der Waals surface area contributed by atoms with Crippen LogP contribution in [0, 0.1) is 5.92 Å². The fourth-order valence-electron chi connectivity index (χ4n) is 2.50. The topological polar surface area (TPSA) is 49.5 Å². The van der Waals surface area contributed by atoms with Gasteiger partial charge in [-0.15, -0.1) is 0 Å². The first-order chi connectivity index (χ1) is 7.46. The molecule has 0 amide bonds. The Morgan fingerprint density at radius 3 is 2.75 bits per heavy atom. The number of piperidine rings is 1. The zero-order valence-corrected chi connectivity index (χ0v) is 11.1. The highest BCUT2D eigenvalue weighted by atomic mass is 16.3. The third kappa shape index (κ3) is 4.04. The molecule has 0 aliphatic carbocycles. The molecule has 3 atom stereocenters. The van der Waals surface area contributed by atoms with E-state index in [1.165, 1.54) is 19.4 Å². The molecule has 0 radical (unpaired) electrons. The van der Waals surface area contributed by atoms with Gasteiger partial charge >= 0.3 is 0 Å². The second kappa shape index (κ2) is 5.99. The minimum absolute atomic E-state index is 0.360. The van der Waals surface area contributed by atoms with Gasteiger partial charge in [0.2, 0.25) is 0 Å². The van der Waals surface area contributed by atoms with Crippen LogP contribution in [0.3, 0.4) is 0 Å². The molecule has 0 aromatic rings. The van der Waals surface area contributed by atoms with Crippen LogP contribution >= 0.6 is 0 Å². The summed E-state index contributed by atoms with van der Waals surface area (Å²) in [6, 6.07) is 0.691. The van der Waals surface area contributed by atoms with Gasteiger partial charge in [0.1, 0.15) is 0 Å². The molecule has 0 spiro atoms. The summed E-state index contributed by atoms with van der Waals surface area (Å²) in [5, 5.41) is 9.83. The highest BCUT2D eigenvalue weighted by Crippen LogP contribution is 2.23. The summed E-state index contributed by atoms with van der Waals surface area (Å²) < 4.78 is 0. The fourth-order valence-corrected chi connectivity index (χ4v) is 2.50. The normalized spacial score (nSPS) is 31.3. The van der Waals surface area contributed by atoms with E-state index in [1.54, 1.807) is 0 Å². The Bertz CT molecular complexity index is 206. The summed E-state index contributed by atoms with van der Waals surface area (Å²) in [4.78, 5) is 2.56. The molecule has 1 heterocycles. The summed E-state index contributed by atoms with van der Waals surface area (Å²) in [5.74, 6) is 0.809. The summed E-state index contributed by atoms with van der Waals surface area (Å²) in [7, 11) is 0. The van der Waals surface area contributed by atoms with E-state index in [-0.39, 0.29) is 0 Å². The molecule has 3 nitrogen and oxygen atoms in total. The van der Waals surface area contributed by atoms with Gasteiger partial charge in [-0.1, -0.05) is 6.92 Å². The van der Waals surface area contributed by atoms with Crippen LogP contribution in [-0.4, -0.2) is 41.3 Å². The highest BCUT2D eigenvalue weighted by molar-refractivity contribution is 4.80. The Balaban J connectivity index is 2.27. The molecular weight excluding hydrogens is 200 g/mol. The van der Waals surface area contributed by atoms with Crippen molar-refractivity contribution in [2.75, 3.05) is 19.6 Å². The van der Waals surface area contributed by atoms with E-state index >= 15 is 0 Å². The van der Waals surface area contributed by atoms with Crippen molar-refractivity contribution in [3.8, 4) is 0 Å². The van der Waals surface area contributed by atoms with E-state index in [2.05, 4.69) is 18.7 Å². The molecule has 1 aliphatic heterocycles. The number of likely N-dealkylation sites (tertiary alicyclic amines) is 1. The summed E-state index contributed by atoms with van der Waals surface area (Å²) in [6.07, 6.45) is 4.53. The molecule has 1 aliphatic rings. The molecule has 1 saturated heterocycles. The molecule has 3 heteroatoms. The van der Waals surface area contributed by atoms with Gasteiger partial charge in [0.25, 0.3) is 0 Å². The van der Waals surface area contributed by atoms with Crippen LogP contribution in [-0.2, 0) is 0 Å². The third-order valence-electron chi connectivity index (χ3n) is 4.10. The molecule has 3 unspecified atom stereocenters. The van der Waals surface area contributed by atoms with Crippen molar-refractivity contribution in [1.29, 1.82) is 0 Å². The van der Waals surface area contributed by atoms with Crippen LogP contribution < -0.4 is 5.73 Å². The van der Waals surface area contributed by atoms with Crippen LogP contribution in [0.2, 0.25) is 0 Å². The Morgan fingerprint density at radius 1 is 1.44 bits per heavy atom. The molecule has 0 aromatic heterocycles. The Kier molecular flexibility index (Phi) is 5.22. The first kappa shape index (κ1) is 13.9. The Hall–Kier alpha value is -0.120. The molecule has 1 rings (SSSR count). The predicted octanol–water partition coefficient (Wildman–Crippen LogP) is 1.60. The standard InChI is InChI=1S/C13H28N2O/c1-11-6-4-8-15(12(11)2)9-5-7-13(3,16)10-14/h11-12,16H,4-10,14H2,1-3H3. The van der Waals surface area contributed by atoms with Crippen molar-refractivity contribution < 1.29 is 5.11 Å². The average Bonchev–Trinajstić information content (AvgIpc) is 2.24. The number of nitrogens with two attached hydrogens (primary N) is 1. The van der Waals surface area contributed by atoms with Gasteiger partial charge in [-0.05, 0) is 58.5 Å².